The van der Waals surface area contributed by atoms with E-state index in [-0.39, 0.29) is 18.0 Å². The van der Waals surface area contributed by atoms with Gasteiger partial charge in [0.05, 0.1) is 12.2 Å². The van der Waals surface area contributed by atoms with Gasteiger partial charge in [0.25, 0.3) is 0 Å². The molecule has 9 heteroatoms. The van der Waals surface area contributed by atoms with Gasteiger partial charge in [-0.05, 0) is 31.5 Å². The van der Waals surface area contributed by atoms with Crippen LogP contribution in [0, 0.1) is 11.3 Å². The molecule has 1 unspecified atom stereocenters. The van der Waals surface area contributed by atoms with E-state index in [1.165, 1.54) is 56.2 Å². The number of β-amino-alcohol motifs (C(OH)–C–C–N with tert-alkyl or cyclic N) is 1. The molecule has 1 aromatic rings. The summed E-state index contributed by atoms with van der Waals surface area (Å²) in [6.45, 7) is 3.44. The molecule has 0 saturated carbocycles. The van der Waals surface area contributed by atoms with E-state index >= 15 is 0 Å². The van der Waals surface area contributed by atoms with E-state index in [1.54, 1.807) is 13.8 Å². The summed E-state index contributed by atoms with van der Waals surface area (Å²) in [6, 6.07) is 6.40. The van der Waals surface area contributed by atoms with E-state index in [1.807, 2.05) is 0 Å². The number of nitrogens with zero attached hydrogens (tertiary/aromatic N) is 3. The second kappa shape index (κ2) is 9.21. The Morgan fingerprint density at radius 1 is 1.11 bits per heavy atom. The molecule has 148 valence electrons. The predicted molar refractivity (Wildman–Crippen MR) is 98.5 cm³/mol. The number of rotatable bonds is 6. The van der Waals surface area contributed by atoms with Gasteiger partial charge in [0.15, 0.2) is 0 Å². The highest BCUT2D eigenvalue weighted by molar-refractivity contribution is 5.72. The Kier molecular flexibility index (Phi) is 7.57. The average molecular weight is 378 g/mol. The van der Waals surface area contributed by atoms with Crippen LogP contribution in [0.3, 0.4) is 0 Å². The molecular weight excluding hydrogens is 352 g/mol. The van der Waals surface area contributed by atoms with Gasteiger partial charge in [0.2, 0.25) is 0 Å². The fourth-order valence-corrected chi connectivity index (χ4v) is 1.80. The summed E-state index contributed by atoms with van der Waals surface area (Å²) < 4.78 is 10.4. The Labute approximate surface area is 159 Å². The maximum atomic E-state index is 11.8. The van der Waals surface area contributed by atoms with Crippen molar-refractivity contribution in [3.8, 4) is 17.6 Å². The number of carbonyl (C=O) groups is 2. The summed E-state index contributed by atoms with van der Waals surface area (Å²) in [5.41, 5.74) is -0.460. The van der Waals surface area contributed by atoms with Crippen molar-refractivity contribution in [2.24, 2.45) is 0 Å². The van der Waals surface area contributed by atoms with Crippen LogP contribution in [0.1, 0.15) is 25.5 Å². The zero-order valence-corrected chi connectivity index (χ0v) is 16.4. The lowest BCUT2D eigenvalue weighted by Crippen LogP contribution is -2.40. The molecule has 1 rings (SSSR count). The summed E-state index contributed by atoms with van der Waals surface area (Å²) in [5.74, 6) is 0.234. The van der Waals surface area contributed by atoms with E-state index in [0.29, 0.717) is 5.56 Å². The highest BCUT2D eigenvalue weighted by Crippen LogP contribution is 2.27. The van der Waals surface area contributed by atoms with Crippen molar-refractivity contribution in [3.63, 3.8) is 0 Å². The fourth-order valence-electron chi connectivity index (χ4n) is 1.80. The number of hydrogen-bond acceptors (Lipinski definition) is 7. The molecule has 0 saturated heterocycles. The van der Waals surface area contributed by atoms with Crippen LogP contribution in [0.25, 0.3) is 0 Å². The molecule has 2 amide bonds. The third kappa shape index (κ3) is 7.13. The molecule has 2 N–H and O–H groups in total. The third-order valence-electron chi connectivity index (χ3n) is 3.44. The van der Waals surface area contributed by atoms with Crippen LogP contribution in [0.2, 0.25) is 0 Å². The molecule has 0 radical (unpaired) electrons. The van der Waals surface area contributed by atoms with E-state index in [0.717, 1.165) is 0 Å². The summed E-state index contributed by atoms with van der Waals surface area (Å²) in [6.07, 6.45) is -2.25. The van der Waals surface area contributed by atoms with E-state index in [4.69, 9.17) is 14.7 Å². The van der Waals surface area contributed by atoms with Gasteiger partial charge in [0.1, 0.15) is 17.0 Å². The van der Waals surface area contributed by atoms with Crippen LogP contribution in [0.5, 0.6) is 11.5 Å². The minimum Gasteiger partial charge on any atom is -0.410 e. The molecule has 9 nitrogen and oxygen atoms in total. The lowest BCUT2D eigenvalue weighted by molar-refractivity contribution is 0.161. The molecule has 0 spiro atoms. The van der Waals surface area contributed by atoms with Crippen molar-refractivity contribution in [3.05, 3.63) is 23.8 Å². The molecular formula is C18H26N4O5. The second-order valence-electron chi connectivity index (χ2n) is 6.90. The number of aliphatic hydroxyl groups is 1. The van der Waals surface area contributed by atoms with Gasteiger partial charge >= 0.3 is 12.2 Å². The smallest absolute Gasteiger partial charge is 0.410 e. The van der Waals surface area contributed by atoms with Gasteiger partial charge < -0.3 is 24.4 Å². The molecule has 0 aliphatic carbocycles. The third-order valence-corrected chi connectivity index (χ3v) is 3.44. The zero-order valence-electron chi connectivity index (χ0n) is 16.4. The van der Waals surface area contributed by atoms with Gasteiger partial charge in [-0.2, -0.15) is 5.26 Å². The van der Waals surface area contributed by atoms with Gasteiger partial charge in [0, 0.05) is 40.8 Å². The molecule has 1 atom stereocenters. The van der Waals surface area contributed by atoms with E-state index in [9.17, 15) is 14.7 Å². The average Bonchev–Trinajstić information content (AvgIpc) is 2.59. The van der Waals surface area contributed by atoms with E-state index < -0.39 is 23.8 Å². The first-order chi connectivity index (χ1) is 12.4. The first-order valence-electron chi connectivity index (χ1n) is 8.23. The summed E-state index contributed by atoms with van der Waals surface area (Å²) in [4.78, 5) is 26.1. The number of aliphatic hydroxyl groups excluding tert-OH is 1. The minimum atomic E-state index is -1.02. The Balaban J connectivity index is 3.11. The van der Waals surface area contributed by atoms with Crippen LogP contribution in [-0.4, -0.2) is 67.4 Å². The number of benzene rings is 1. The zero-order chi connectivity index (χ0) is 20.8. The first kappa shape index (κ1) is 22.2. The number of nitrogens with one attached hydrogen (secondary N) is 1. The number of nitriles is 1. The molecule has 0 heterocycles. The molecule has 0 aromatic heterocycles. The highest BCUT2D eigenvalue weighted by atomic mass is 16.6. The van der Waals surface area contributed by atoms with Gasteiger partial charge in [-0.25, -0.2) is 9.59 Å². The lowest BCUT2D eigenvalue weighted by atomic mass is 10.1. The molecule has 27 heavy (non-hydrogen) atoms. The summed E-state index contributed by atoms with van der Waals surface area (Å²) in [5, 5.41) is 22.4. The highest BCUT2D eigenvalue weighted by Gasteiger charge is 2.20. The SMILES string of the molecule is CN(C)C(=O)Oc1cc(OC(=O)N(C)C)cc(C(O)CNC(C)(C)C#N)c1. The van der Waals surface area contributed by atoms with Crippen molar-refractivity contribution >= 4 is 12.2 Å². The van der Waals surface area contributed by atoms with Crippen LogP contribution in [-0.2, 0) is 0 Å². The Bertz CT molecular complexity index is 685. The van der Waals surface area contributed by atoms with Crippen LogP contribution >= 0.6 is 0 Å². The second-order valence-corrected chi connectivity index (χ2v) is 6.90. The molecule has 1 aromatic carbocycles. The lowest BCUT2D eigenvalue weighted by Gasteiger charge is -2.21. The normalized spacial score (nSPS) is 11.9. The largest absolute Gasteiger partial charge is 0.414 e. The fraction of sp³-hybridized carbons (Fsp3) is 0.500. The molecule has 0 aliphatic rings. The standard InChI is InChI=1S/C18H26N4O5/c1-18(2,11-19)20-10-15(23)12-7-13(26-16(24)21(3)4)9-14(8-12)27-17(25)22(5)6/h7-9,15,20,23H,10H2,1-6H3. The Morgan fingerprint density at radius 2 is 1.56 bits per heavy atom. The van der Waals surface area contributed by atoms with E-state index in [2.05, 4.69) is 11.4 Å². The molecule has 0 fully saturated rings. The van der Waals surface area contributed by atoms with Crippen LogP contribution in [0.4, 0.5) is 9.59 Å². The number of ether oxygens (including phenoxy) is 2. The Morgan fingerprint density at radius 3 is 1.93 bits per heavy atom. The topological polar surface area (TPSA) is 115 Å². The van der Waals surface area contributed by atoms with Crippen LogP contribution in [0.15, 0.2) is 18.2 Å². The van der Waals surface area contributed by atoms with Crippen molar-refractivity contribution < 1.29 is 24.2 Å². The molecule has 0 bridgehead atoms. The van der Waals surface area contributed by atoms with Crippen molar-refractivity contribution in [1.82, 2.24) is 15.1 Å². The predicted octanol–water partition coefficient (Wildman–Crippen LogP) is 1.73. The van der Waals surface area contributed by atoms with Gasteiger partial charge in [-0.15, -0.1) is 0 Å². The van der Waals surface area contributed by atoms with Crippen molar-refractivity contribution in [2.75, 3.05) is 34.7 Å². The van der Waals surface area contributed by atoms with Gasteiger partial charge in [-0.1, -0.05) is 0 Å². The Hall–Kier alpha value is -2.83. The van der Waals surface area contributed by atoms with Crippen molar-refractivity contribution in [2.45, 2.75) is 25.5 Å². The maximum absolute atomic E-state index is 11.8. The quantitative estimate of drug-likeness (QED) is 0.774. The number of hydrogen-bond donors (Lipinski definition) is 2. The minimum absolute atomic E-state index is 0.0761. The van der Waals surface area contributed by atoms with Gasteiger partial charge in [-0.3, -0.25) is 5.32 Å². The molecule has 0 aliphatic heterocycles. The summed E-state index contributed by atoms with van der Waals surface area (Å²) >= 11 is 0. The number of carbonyl (C=O) groups excluding carboxylic acids is 2. The monoisotopic (exact) mass is 378 g/mol. The first-order valence-corrected chi connectivity index (χ1v) is 8.23. The maximum Gasteiger partial charge on any atom is 0.414 e. The van der Waals surface area contributed by atoms with Crippen LogP contribution < -0.4 is 14.8 Å². The van der Waals surface area contributed by atoms with Crippen molar-refractivity contribution in [1.29, 1.82) is 5.26 Å². The number of amides is 2. The summed E-state index contributed by atoms with van der Waals surface area (Å²) in [7, 11) is 6.12.